The molecule has 3 saturated carbocycles. The molecule has 126 valence electrons. The molecular formula is C16H25N5OS. The fourth-order valence-corrected chi connectivity index (χ4v) is 5.25. The maximum atomic E-state index is 12.5. The van der Waals surface area contributed by atoms with Gasteiger partial charge >= 0.3 is 0 Å². The van der Waals surface area contributed by atoms with Gasteiger partial charge in [0.15, 0.2) is 0 Å². The van der Waals surface area contributed by atoms with Crippen LogP contribution in [0.2, 0.25) is 0 Å². The molecule has 5 unspecified atom stereocenters. The van der Waals surface area contributed by atoms with Gasteiger partial charge in [-0.2, -0.15) is 0 Å². The van der Waals surface area contributed by atoms with E-state index in [1.54, 1.807) is 0 Å². The van der Waals surface area contributed by atoms with Crippen LogP contribution in [0.3, 0.4) is 0 Å². The van der Waals surface area contributed by atoms with Crippen LogP contribution in [0.4, 0.5) is 0 Å². The van der Waals surface area contributed by atoms with Crippen LogP contribution in [0.15, 0.2) is 5.16 Å². The van der Waals surface area contributed by atoms with Crippen molar-refractivity contribution in [2.75, 3.05) is 0 Å². The molecule has 3 aliphatic carbocycles. The lowest BCUT2D eigenvalue weighted by Crippen LogP contribution is -2.43. The summed E-state index contributed by atoms with van der Waals surface area (Å²) >= 11 is 1.47. The number of aromatic nitrogens is 4. The normalized spacial score (nSPS) is 32.0. The van der Waals surface area contributed by atoms with Gasteiger partial charge < -0.3 is 5.32 Å². The summed E-state index contributed by atoms with van der Waals surface area (Å²) in [5.41, 5.74) is 0. The molecule has 0 radical (unpaired) electrons. The van der Waals surface area contributed by atoms with Crippen molar-refractivity contribution < 1.29 is 4.79 Å². The number of carbonyl (C=O) groups excluding carboxylic acids is 1. The highest BCUT2D eigenvalue weighted by Crippen LogP contribution is 2.49. The monoisotopic (exact) mass is 335 g/mol. The maximum absolute atomic E-state index is 12.5. The minimum absolute atomic E-state index is 0.107. The highest BCUT2D eigenvalue weighted by atomic mass is 32.2. The van der Waals surface area contributed by atoms with Crippen LogP contribution in [0.5, 0.6) is 0 Å². The van der Waals surface area contributed by atoms with E-state index in [-0.39, 0.29) is 17.2 Å². The highest BCUT2D eigenvalue weighted by Gasteiger charge is 2.42. The van der Waals surface area contributed by atoms with Crippen molar-refractivity contribution in [1.82, 2.24) is 25.5 Å². The fraction of sp³-hybridized carbons (Fsp3) is 0.875. The maximum Gasteiger partial charge on any atom is 0.233 e. The third-order valence-electron chi connectivity index (χ3n) is 5.81. The van der Waals surface area contributed by atoms with E-state index in [2.05, 4.69) is 27.8 Å². The molecule has 1 N–H and O–H groups in total. The summed E-state index contributed by atoms with van der Waals surface area (Å²) in [5.74, 6) is 2.53. The Bertz CT molecular complexity index is 587. The van der Waals surface area contributed by atoms with Gasteiger partial charge in [-0.25, -0.2) is 4.68 Å². The third-order valence-corrected chi connectivity index (χ3v) is 6.86. The average Bonchev–Trinajstić information content (AvgIpc) is 2.97. The SMILES string of the molecule is CC(Sc1nnnn1C1CC1)C(=O)NC(C)C1CC2CCC1C2. The fourth-order valence-electron chi connectivity index (χ4n) is 4.38. The number of rotatable bonds is 6. The highest BCUT2D eigenvalue weighted by molar-refractivity contribution is 8.00. The summed E-state index contributed by atoms with van der Waals surface area (Å²) in [5, 5.41) is 15.7. The summed E-state index contributed by atoms with van der Waals surface area (Å²) in [6.07, 6.45) is 7.72. The van der Waals surface area contributed by atoms with Crippen LogP contribution >= 0.6 is 11.8 Å². The quantitative estimate of drug-likeness (QED) is 0.808. The zero-order chi connectivity index (χ0) is 16.0. The van der Waals surface area contributed by atoms with E-state index in [0.717, 1.165) is 29.8 Å². The van der Waals surface area contributed by atoms with Crippen LogP contribution in [-0.2, 0) is 4.79 Å². The molecule has 3 aliphatic rings. The minimum Gasteiger partial charge on any atom is -0.352 e. The molecule has 6 nitrogen and oxygen atoms in total. The molecule has 1 amide bonds. The zero-order valence-electron chi connectivity index (χ0n) is 13.8. The predicted octanol–water partition coefficient (Wildman–Crippen LogP) is 2.43. The molecule has 1 heterocycles. The van der Waals surface area contributed by atoms with Gasteiger partial charge in [-0.05, 0) is 74.1 Å². The topological polar surface area (TPSA) is 72.7 Å². The van der Waals surface area contributed by atoms with Crippen molar-refractivity contribution in [3.05, 3.63) is 0 Å². The molecule has 0 aliphatic heterocycles. The summed E-state index contributed by atoms with van der Waals surface area (Å²) in [4.78, 5) is 12.5. The van der Waals surface area contributed by atoms with Gasteiger partial charge in [-0.1, -0.05) is 18.2 Å². The number of thioether (sulfide) groups is 1. The molecule has 0 saturated heterocycles. The second-order valence-electron chi connectivity index (χ2n) is 7.53. The van der Waals surface area contributed by atoms with Crippen molar-refractivity contribution in [3.63, 3.8) is 0 Å². The molecule has 2 bridgehead atoms. The Hall–Kier alpha value is -1.11. The zero-order valence-corrected chi connectivity index (χ0v) is 14.6. The van der Waals surface area contributed by atoms with Gasteiger partial charge in [-0.3, -0.25) is 4.79 Å². The van der Waals surface area contributed by atoms with Crippen LogP contribution < -0.4 is 5.32 Å². The van der Waals surface area contributed by atoms with E-state index in [1.807, 2.05) is 11.6 Å². The first-order valence-corrected chi connectivity index (χ1v) is 9.74. The lowest BCUT2D eigenvalue weighted by Gasteiger charge is -2.29. The van der Waals surface area contributed by atoms with Crippen LogP contribution in [0.25, 0.3) is 0 Å². The summed E-state index contributed by atoms with van der Waals surface area (Å²) in [7, 11) is 0. The molecule has 0 spiro atoms. The lowest BCUT2D eigenvalue weighted by molar-refractivity contribution is -0.121. The Kier molecular flexibility index (Phi) is 4.07. The number of hydrogen-bond donors (Lipinski definition) is 1. The van der Waals surface area contributed by atoms with Crippen molar-refractivity contribution in [2.45, 2.75) is 74.9 Å². The number of amides is 1. The number of hydrogen-bond acceptors (Lipinski definition) is 5. The second kappa shape index (κ2) is 6.07. The van der Waals surface area contributed by atoms with E-state index >= 15 is 0 Å². The number of fused-ring (bicyclic) bond motifs is 2. The van der Waals surface area contributed by atoms with Crippen molar-refractivity contribution in [2.24, 2.45) is 17.8 Å². The van der Waals surface area contributed by atoms with Gasteiger partial charge in [0.25, 0.3) is 0 Å². The Morgan fingerprint density at radius 1 is 1.26 bits per heavy atom. The second-order valence-corrected chi connectivity index (χ2v) is 8.84. The van der Waals surface area contributed by atoms with Gasteiger partial charge in [0, 0.05) is 6.04 Å². The van der Waals surface area contributed by atoms with Crippen LogP contribution in [-0.4, -0.2) is 37.4 Å². The first kappa shape index (κ1) is 15.4. The van der Waals surface area contributed by atoms with Crippen molar-refractivity contribution >= 4 is 17.7 Å². The molecule has 7 heteroatoms. The molecule has 23 heavy (non-hydrogen) atoms. The molecule has 1 aromatic rings. The molecule has 1 aromatic heterocycles. The number of nitrogens with zero attached hydrogens (tertiary/aromatic N) is 4. The van der Waals surface area contributed by atoms with Crippen LogP contribution in [0, 0.1) is 17.8 Å². The van der Waals surface area contributed by atoms with Crippen molar-refractivity contribution in [1.29, 1.82) is 0 Å². The van der Waals surface area contributed by atoms with E-state index in [0.29, 0.717) is 12.0 Å². The first-order valence-electron chi connectivity index (χ1n) is 8.86. The van der Waals surface area contributed by atoms with E-state index in [9.17, 15) is 4.79 Å². The van der Waals surface area contributed by atoms with Gasteiger partial charge in [0.2, 0.25) is 11.1 Å². The summed E-state index contributed by atoms with van der Waals surface area (Å²) in [6.45, 7) is 4.12. The third kappa shape index (κ3) is 3.12. The minimum atomic E-state index is -0.167. The Labute approximate surface area is 141 Å². The van der Waals surface area contributed by atoms with Crippen LogP contribution in [0.1, 0.15) is 58.4 Å². The Morgan fingerprint density at radius 2 is 2.09 bits per heavy atom. The van der Waals surface area contributed by atoms with E-state index in [1.165, 1.54) is 37.4 Å². The molecule has 5 atom stereocenters. The first-order chi connectivity index (χ1) is 11.1. The molecular weight excluding hydrogens is 310 g/mol. The average molecular weight is 335 g/mol. The van der Waals surface area contributed by atoms with Gasteiger partial charge in [0.05, 0.1) is 11.3 Å². The number of nitrogens with one attached hydrogen (secondary N) is 1. The van der Waals surface area contributed by atoms with E-state index < -0.39 is 0 Å². The number of carbonyl (C=O) groups is 1. The number of tetrazole rings is 1. The molecule has 4 rings (SSSR count). The smallest absolute Gasteiger partial charge is 0.233 e. The molecule has 3 fully saturated rings. The Morgan fingerprint density at radius 3 is 2.74 bits per heavy atom. The Balaban J connectivity index is 1.32. The van der Waals surface area contributed by atoms with E-state index in [4.69, 9.17) is 0 Å². The predicted molar refractivity (Wildman–Crippen MR) is 87.9 cm³/mol. The van der Waals surface area contributed by atoms with Gasteiger partial charge in [0.1, 0.15) is 0 Å². The largest absolute Gasteiger partial charge is 0.352 e. The van der Waals surface area contributed by atoms with Gasteiger partial charge in [-0.15, -0.1) is 5.10 Å². The lowest BCUT2D eigenvalue weighted by atomic mass is 9.84. The summed E-state index contributed by atoms with van der Waals surface area (Å²) < 4.78 is 1.87. The molecule has 0 aromatic carbocycles. The summed E-state index contributed by atoms with van der Waals surface area (Å²) in [6, 6.07) is 0.719. The van der Waals surface area contributed by atoms with Crippen molar-refractivity contribution in [3.8, 4) is 0 Å². The standard InChI is InChI=1S/C16H25N5OS/c1-9(14-8-11-3-4-12(14)7-11)17-15(22)10(2)23-16-18-19-20-21(16)13-5-6-13/h9-14H,3-8H2,1-2H3,(H,17,22).